The molecule has 0 saturated carbocycles. The highest BCUT2D eigenvalue weighted by Crippen LogP contribution is 2.17. The predicted octanol–water partition coefficient (Wildman–Crippen LogP) is 2.34. The van der Waals surface area contributed by atoms with Crippen molar-refractivity contribution in [3.63, 3.8) is 0 Å². The summed E-state index contributed by atoms with van der Waals surface area (Å²) in [5.74, 6) is 0.913. The average molecular weight is 314 g/mol. The molecule has 1 aromatic heterocycles. The molecular formula is C16H18N4OS. The van der Waals surface area contributed by atoms with Gasteiger partial charge in [0.25, 0.3) is 0 Å². The fourth-order valence-corrected chi connectivity index (χ4v) is 2.97. The Hall–Kier alpha value is -2.21. The monoisotopic (exact) mass is 314 g/mol. The predicted molar refractivity (Wildman–Crippen MR) is 88.8 cm³/mol. The fourth-order valence-electron chi connectivity index (χ4n) is 2.54. The molecule has 114 valence electrons. The minimum Gasteiger partial charge on any atom is -0.354 e. The van der Waals surface area contributed by atoms with E-state index >= 15 is 0 Å². The van der Waals surface area contributed by atoms with Crippen molar-refractivity contribution in [3.8, 4) is 0 Å². The molecule has 0 bridgehead atoms. The first-order valence-electron chi connectivity index (χ1n) is 7.37. The molecule has 1 aliphatic heterocycles. The second-order valence-electron chi connectivity index (χ2n) is 5.28. The van der Waals surface area contributed by atoms with Crippen molar-refractivity contribution in [1.29, 1.82) is 0 Å². The Labute approximate surface area is 134 Å². The van der Waals surface area contributed by atoms with Crippen molar-refractivity contribution in [2.75, 3.05) is 18.0 Å². The Kier molecular flexibility index (Phi) is 4.80. The maximum Gasteiger partial charge on any atom is 0.244 e. The van der Waals surface area contributed by atoms with E-state index in [1.807, 2.05) is 36.4 Å². The van der Waals surface area contributed by atoms with Crippen molar-refractivity contribution < 1.29 is 4.79 Å². The van der Waals surface area contributed by atoms with Gasteiger partial charge >= 0.3 is 0 Å². The number of nitrogens with zero attached hydrogens (tertiary/aromatic N) is 3. The lowest BCUT2D eigenvalue weighted by Crippen LogP contribution is -2.44. The third kappa shape index (κ3) is 3.92. The Morgan fingerprint density at radius 2 is 2.05 bits per heavy atom. The number of carbonyl (C=O) groups excluding carboxylic acids is 1. The summed E-state index contributed by atoms with van der Waals surface area (Å²) in [6, 6.07) is 10.1. The van der Waals surface area contributed by atoms with Gasteiger partial charge in [0.2, 0.25) is 5.91 Å². The molecule has 3 rings (SSSR count). The van der Waals surface area contributed by atoms with E-state index in [1.54, 1.807) is 12.3 Å². The molecule has 1 N–H and O–H groups in total. The molecule has 1 amide bonds. The number of nitrogens with one attached hydrogen (secondary N) is 1. The first kappa shape index (κ1) is 14.7. The number of aromatic nitrogens is 2. The standard InChI is InChI=1S/C16H18N4OS/c21-16(7-6-13-4-2-1-3-5-13)18-14-8-10-20(11-9-14)15-12-17-22-19-15/h1-7,12,14H,8-11H2,(H,18,21). The molecule has 1 aromatic carbocycles. The van der Waals surface area contributed by atoms with Gasteiger partial charge in [0.05, 0.1) is 17.9 Å². The Morgan fingerprint density at radius 1 is 1.27 bits per heavy atom. The molecule has 0 radical (unpaired) electrons. The number of benzene rings is 1. The summed E-state index contributed by atoms with van der Waals surface area (Å²) in [4.78, 5) is 14.2. The van der Waals surface area contributed by atoms with Gasteiger partial charge in [-0.1, -0.05) is 30.3 Å². The van der Waals surface area contributed by atoms with Crippen LogP contribution in [0.25, 0.3) is 6.08 Å². The van der Waals surface area contributed by atoms with Crippen LogP contribution < -0.4 is 10.2 Å². The van der Waals surface area contributed by atoms with Crippen molar-refractivity contribution in [2.45, 2.75) is 18.9 Å². The molecule has 6 heteroatoms. The molecule has 22 heavy (non-hydrogen) atoms. The van der Waals surface area contributed by atoms with Gasteiger partial charge in [-0.15, -0.1) is 0 Å². The minimum atomic E-state index is -0.0300. The highest BCUT2D eigenvalue weighted by Gasteiger charge is 2.21. The first-order valence-corrected chi connectivity index (χ1v) is 8.10. The number of anilines is 1. The van der Waals surface area contributed by atoms with E-state index in [2.05, 4.69) is 19.0 Å². The van der Waals surface area contributed by atoms with Gasteiger partial charge in [-0.3, -0.25) is 4.79 Å². The van der Waals surface area contributed by atoms with Gasteiger partial charge in [0.15, 0.2) is 5.82 Å². The van der Waals surface area contributed by atoms with Crippen LogP contribution in [0.2, 0.25) is 0 Å². The van der Waals surface area contributed by atoms with Crippen molar-refractivity contribution >= 4 is 29.5 Å². The summed E-state index contributed by atoms with van der Waals surface area (Å²) in [6.07, 6.45) is 7.11. The van der Waals surface area contributed by atoms with Crippen LogP contribution >= 0.6 is 11.7 Å². The lowest BCUT2D eigenvalue weighted by Gasteiger charge is -2.31. The van der Waals surface area contributed by atoms with Gasteiger partial charge < -0.3 is 10.2 Å². The Morgan fingerprint density at radius 3 is 2.73 bits per heavy atom. The van der Waals surface area contributed by atoms with Gasteiger partial charge in [-0.05, 0) is 24.5 Å². The van der Waals surface area contributed by atoms with Crippen LogP contribution in [0.1, 0.15) is 18.4 Å². The summed E-state index contributed by atoms with van der Waals surface area (Å²) in [5, 5.41) is 3.07. The molecule has 1 fully saturated rings. The topological polar surface area (TPSA) is 58.1 Å². The van der Waals surface area contributed by atoms with Crippen LogP contribution in [0.5, 0.6) is 0 Å². The largest absolute Gasteiger partial charge is 0.354 e. The van der Waals surface area contributed by atoms with E-state index in [0.717, 1.165) is 37.3 Å². The first-order chi connectivity index (χ1) is 10.8. The zero-order chi connectivity index (χ0) is 15.2. The minimum absolute atomic E-state index is 0.0300. The van der Waals surface area contributed by atoms with Crippen LogP contribution in [-0.2, 0) is 4.79 Å². The third-order valence-electron chi connectivity index (χ3n) is 3.74. The highest BCUT2D eigenvalue weighted by molar-refractivity contribution is 6.99. The van der Waals surface area contributed by atoms with Gasteiger partial charge in [0.1, 0.15) is 0 Å². The summed E-state index contributed by atoms with van der Waals surface area (Å²) < 4.78 is 8.27. The summed E-state index contributed by atoms with van der Waals surface area (Å²) in [5.41, 5.74) is 1.03. The van der Waals surface area contributed by atoms with E-state index in [9.17, 15) is 4.79 Å². The summed E-state index contributed by atoms with van der Waals surface area (Å²) >= 11 is 1.23. The number of carbonyl (C=O) groups is 1. The fraction of sp³-hybridized carbons (Fsp3) is 0.312. The molecule has 2 heterocycles. The van der Waals surface area contributed by atoms with E-state index < -0.39 is 0 Å². The smallest absolute Gasteiger partial charge is 0.244 e. The maximum atomic E-state index is 12.0. The molecule has 2 aromatic rings. The molecule has 1 aliphatic rings. The number of hydrogen-bond donors (Lipinski definition) is 1. The third-order valence-corrected chi connectivity index (χ3v) is 4.21. The second-order valence-corrected chi connectivity index (χ2v) is 5.84. The van der Waals surface area contributed by atoms with Crippen LogP contribution in [0.3, 0.4) is 0 Å². The van der Waals surface area contributed by atoms with Crippen LogP contribution in [0, 0.1) is 0 Å². The highest BCUT2D eigenvalue weighted by atomic mass is 32.1. The molecule has 5 nitrogen and oxygen atoms in total. The maximum absolute atomic E-state index is 12.0. The molecule has 0 unspecified atom stereocenters. The zero-order valence-electron chi connectivity index (χ0n) is 12.2. The SMILES string of the molecule is O=C(C=Cc1ccccc1)NC1CCN(c2cnsn2)CC1. The second kappa shape index (κ2) is 7.17. The Balaban J connectivity index is 1.46. The quantitative estimate of drug-likeness (QED) is 0.880. The zero-order valence-corrected chi connectivity index (χ0v) is 13.0. The number of piperidine rings is 1. The van der Waals surface area contributed by atoms with Crippen molar-refractivity contribution in [1.82, 2.24) is 14.1 Å². The van der Waals surface area contributed by atoms with Crippen molar-refractivity contribution in [3.05, 3.63) is 48.2 Å². The molecule has 0 aliphatic carbocycles. The number of rotatable bonds is 4. The van der Waals surface area contributed by atoms with E-state index in [0.29, 0.717) is 0 Å². The number of amides is 1. The molecular weight excluding hydrogens is 296 g/mol. The van der Waals surface area contributed by atoms with Gasteiger partial charge in [0, 0.05) is 25.2 Å². The Bertz CT molecular complexity index is 619. The van der Waals surface area contributed by atoms with E-state index in [-0.39, 0.29) is 11.9 Å². The number of hydrogen-bond acceptors (Lipinski definition) is 5. The average Bonchev–Trinajstić information content (AvgIpc) is 3.09. The normalized spacial score (nSPS) is 16.1. The lowest BCUT2D eigenvalue weighted by atomic mass is 10.1. The molecule has 0 spiro atoms. The summed E-state index contributed by atoms with van der Waals surface area (Å²) in [6.45, 7) is 1.80. The van der Waals surface area contributed by atoms with Crippen molar-refractivity contribution in [2.24, 2.45) is 0 Å². The van der Waals surface area contributed by atoms with Crippen LogP contribution in [0.4, 0.5) is 5.82 Å². The van der Waals surface area contributed by atoms with E-state index in [1.165, 1.54) is 11.7 Å². The van der Waals surface area contributed by atoms with Crippen LogP contribution in [-0.4, -0.2) is 33.8 Å². The molecule has 1 saturated heterocycles. The van der Waals surface area contributed by atoms with Gasteiger partial charge in [-0.25, -0.2) is 0 Å². The molecule has 0 atom stereocenters. The summed E-state index contributed by atoms with van der Waals surface area (Å²) in [7, 11) is 0. The van der Waals surface area contributed by atoms with Gasteiger partial charge in [-0.2, -0.15) is 8.75 Å². The lowest BCUT2D eigenvalue weighted by molar-refractivity contribution is -0.117. The van der Waals surface area contributed by atoms with Crippen LogP contribution in [0.15, 0.2) is 42.6 Å². The van der Waals surface area contributed by atoms with E-state index in [4.69, 9.17) is 0 Å².